The summed E-state index contributed by atoms with van der Waals surface area (Å²) in [5.74, 6) is 1.89. The van der Waals surface area contributed by atoms with Crippen LogP contribution in [-0.2, 0) is 4.79 Å². The normalized spacial score (nSPS) is 16.3. The largest absolute Gasteiger partial charge is 0.496 e. The van der Waals surface area contributed by atoms with Gasteiger partial charge in [-0.3, -0.25) is 4.79 Å². The second-order valence-corrected chi connectivity index (χ2v) is 5.17. The van der Waals surface area contributed by atoms with Crippen LogP contribution < -0.4 is 18.9 Å². The fraction of sp³-hybridized carbons (Fsp3) is 0.278. The van der Waals surface area contributed by atoms with E-state index in [1.807, 2.05) is 24.3 Å². The van der Waals surface area contributed by atoms with E-state index >= 15 is 0 Å². The highest BCUT2D eigenvalue weighted by Crippen LogP contribution is 2.45. The van der Waals surface area contributed by atoms with Crippen molar-refractivity contribution >= 4 is 5.78 Å². The van der Waals surface area contributed by atoms with Crippen molar-refractivity contribution in [2.24, 2.45) is 0 Å². The highest BCUT2D eigenvalue weighted by Gasteiger charge is 2.35. The van der Waals surface area contributed by atoms with Gasteiger partial charge in [-0.25, -0.2) is 0 Å². The average Bonchev–Trinajstić information content (AvgIpc) is 2.60. The van der Waals surface area contributed by atoms with Crippen molar-refractivity contribution in [1.82, 2.24) is 0 Å². The number of methoxy groups -OCH3 is 3. The molecule has 0 saturated heterocycles. The molecule has 5 heteroatoms. The van der Waals surface area contributed by atoms with Gasteiger partial charge in [0.2, 0.25) is 0 Å². The van der Waals surface area contributed by atoms with Crippen LogP contribution in [-0.4, -0.2) is 33.7 Å². The van der Waals surface area contributed by atoms with Crippen LogP contribution in [0.1, 0.15) is 17.0 Å². The van der Waals surface area contributed by atoms with Gasteiger partial charge in [-0.05, 0) is 6.07 Å². The van der Waals surface area contributed by atoms with E-state index in [1.165, 1.54) is 0 Å². The predicted molar refractivity (Wildman–Crippen MR) is 84.9 cm³/mol. The molecular formula is C18H18O5. The second kappa shape index (κ2) is 6.20. The molecule has 0 radical (unpaired) electrons. The molecule has 0 amide bonds. The monoisotopic (exact) mass is 314 g/mol. The molecule has 5 nitrogen and oxygen atoms in total. The van der Waals surface area contributed by atoms with Crippen molar-refractivity contribution in [3.8, 4) is 23.0 Å². The van der Waals surface area contributed by atoms with Crippen LogP contribution in [0.4, 0.5) is 0 Å². The molecule has 2 aromatic carbocycles. The number of ketones is 1. The summed E-state index contributed by atoms with van der Waals surface area (Å²) in [6, 6.07) is 11.0. The smallest absolute Gasteiger partial charge is 0.182 e. The topological polar surface area (TPSA) is 54.0 Å². The zero-order valence-corrected chi connectivity index (χ0v) is 13.3. The van der Waals surface area contributed by atoms with Crippen molar-refractivity contribution in [3.63, 3.8) is 0 Å². The van der Waals surface area contributed by atoms with E-state index in [9.17, 15) is 4.79 Å². The number of Topliss-reactive ketones (excluding diaryl/α,β-unsaturated/α-hetero) is 1. The molecule has 0 spiro atoms. The van der Waals surface area contributed by atoms with Crippen LogP contribution in [0.3, 0.4) is 0 Å². The number of fused-ring (bicyclic) bond motifs is 1. The van der Waals surface area contributed by atoms with Crippen molar-refractivity contribution < 1.29 is 23.7 Å². The van der Waals surface area contributed by atoms with Gasteiger partial charge in [-0.15, -0.1) is 0 Å². The first-order chi connectivity index (χ1) is 11.2. The van der Waals surface area contributed by atoms with Gasteiger partial charge in [0, 0.05) is 17.7 Å². The Labute approximate surface area is 134 Å². The summed E-state index contributed by atoms with van der Waals surface area (Å²) < 4.78 is 21.8. The Morgan fingerprint density at radius 1 is 1.00 bits per heavy atom. The third-order valence-electron chi connectivity index (χ3n) is 3.96. The number of benzene rings is 2. The summed E-state index contributed by atoms with van der Waals surface area (Å²) in [6.07, 6.45) is 0. The molecule has 1 aliphatic rings. The van der Waals surface area contributed by atoms with E-state index in [-0.39, 0.29) is 12.4 Å². The Morgan fingerprint density at radius 3 is 2.26 bits per heavy atom. The maximum atomic E-state index is 12.6. The molecule has 0 saturated carbocycles. The van der Waals surface area contributed by atoms with Crippen molar-refractivity contribution in [1.29, 1.82) is 0 Å². The molecule has 3 rings (SSSR count). The maximum Gasteiger partial charge on any atom is 0.182 e. The molecule has 0 aromatic heterocycles. The van der Waals surface area contributed by atoms with Crippen molar-refractivity contribution in [2.75, 3.05) is 27.9 Å². The van der Waals surface area contributed by atoms with E-state index in [0.717, 1.165) is 5.56 Å². The summed E-state index contributed by atoms with van der Waals surface area (Å²) >= 11 is 0. The lowest BCUT2D eigenvalue weighted by atomic mass is 9.84. The highest BCUT2D eigenvalue weighted by molar-refractivity contribution is 5.94. The maximum absolute atomic E-state index is 12.6. The predicted octanol–water partition coefficient (Wildman–Crippen LogP) is 2.81. The minimum atomic E-state index is -0.490. The van der Waals surface area contributed by atoms with Crippen LogP contribution in [0.5, 0.6) is 23.0 Å². The van der Waals surface area contributed by atoms with Gasteiger partial charge < -0.3 is 18.9 Å². The molecule has 0 N–H and O–H groups in total. The quantitative estimate of drug-likeness (QED) is 0.868. The Hall–Kier alpha value is -2.69. The van der Waals surface area contributed by atoms with Gasteiger partial charge in [0.15, 0.2) is 5.78 Å². The van der Waals surface area contributed by atoms with Crippen molar-refractivity contribution in [3.05, 3.63) is 47.5 Å². The Morgan fingerprint density at radius 2 is 1.65 bits per heavy atom. The molecule has 1 heterocycles. The first-order valence-corrected chi connectivity index (χ1v) is 7.24. The minimum Gasteiger partial charge on any atom is -0.496 e. The van der Waals surface area contributed by atoms with Crippen LogP contribution in [0.2, 0.25) is 0 Å². The minimum absolute atomic E-state index is 0.0278. The molecular weight excluding hydrogens is 296 g/mol. The summed E-state index contributed by atoms with van der Waals surface area (Å²) in [7, 11) is 4.70. The van der Waals surface area contributed by atoms with Gasteiger partial charge in [0.1, 0.15) is 29.6 Å². The Balaban J connectivity index is 2.23. The molecule has 0 bridgehead atoms. The summed E-state index contributed by atoms with van der Waals surface area (Å²) in [6.45, 7) is 0.0278. The second-order valence-electron chi connectivity index (χ2n) is 5.17. The molecule has 1 unspecified atom stereocenters. The summed E-state index contributed by atoms with van der Waals surface area (Å²) in [5.41, 5.74) is 1.50. The zero-order valence-electron chi connectivity index (χ0n) is 13.3. The fourth-order valence-corrected chi connectivity index (χ4v) is 2.89. The highest BCUT2D eigenvalue weighted by atomic mass is 16.5. The standard InChI is InChI=1S/C18H18O5/c1-20-11-8-15(21-2)18(16(9-11)22-3)17-12-6-4-5-7-14(12)23-10-13(17)19/h4-9,17H,10H2,1-3H3. The number of carbonyl (C=O) groups excluding carboxylic acids is 1. The number of rotatable bonds is 4. The Bertz CT molecular complexity index is 713. The zero-order chi connectivity index (χ0) is 16.4. The molecule has 2 aromatic rings. The molecule has 1 aliphatic heterocycles. The number of hydrogen-bond acceptors (Lipinski definition) is 5. The van der Waals surface area contributed by atoms with Gasteiger partial charge in [0.05, 0.1) is 32.8 Å². The van der Waals surface area contributed by atoms with Crippen molar-refractivity contribution in [2.45, 2.75) is 5.92 Å². The Kier molecular flexibility index (Phi) is 4.10. The number of carbonyl (C=O) groups is 1. The van der Waals surface area contributed by atoms with Crippen LogP contribution in [0.15, 0.2) is 36.4 Å². The fourth-order valence-electron chi connectivity index (χ4n) is 2.89. The number of hydrogen-bond donors (Lipinski definition) is 0. The first kappa shape index (κ1) is 15.2. The molecule has 23 heavy (non-hydrogen) atoms. The first-order valence-electron chi connectivity index (χ1n) is 7.24. The van der Waals surface area contributed by atoms with E-state index in [0.29, 0.717) is 28.6 Å². The molecule has 1 atom stereocenters. The van der Waals surface area contributed by atoms with Gasteiger partial charge in [-0.2, -0.15) is 0 Å². The average molecular weight is 314 g/mol. The van der Waals surface area contributed by atoms with Crippen LogP contribution >= 0.6 is 0 Å². The van der Waals surface area contributed by atoms with Crippen LogP contribution in [0.25, 0.3) is 0 Å². The SMILES string of the molecule is COc1cc(OC)c(C2C(=O)COc3ccccc32)c(OC)c1. The number of para-hydroxylation sites is 1. The van der Waals surface area contributed by atoms with Gasteiger partial charge in [-0.1, -0.05) is 18.2 Å². The third-order valence-corrected chi connectivity index (χ3v) is 3.96. The summed E-state index contributed by atoms with van der Waals surface area (Å²) in [5, 5.41) is 0. The molecule has 0 fully saturated rings. The lowest BCUT2D eigenvalue weighted by Gasteiger charge is -2.27. The lowest BCUT2D eigenvalue weighted by Crippen LogP contribution is -2.27. The van der Waals surface area contributed by atoms with Crippen LogP contribution in [0, 0.1) is 0 Å². The summed E-state index contributed by atoms with van der Waals surface area (Å²) in [4.78, 5) is 12.6. The van der Waals surface area contributed by atoms with Gasteiger partial charge >= 0.3 is 0 Å². The van der Waals surface area contributed by atoms with Gasteiger partial charge in [0.25, 0.3) is 0 Å². The molecule has 0 aliphatic carbocycles. The van der Waals surface area contributed by atoms with E-state index in [2.05, 4.69) is 0 Å². The third kappa shape index (κ3) is 2.59. The lowest BCUT2D eigenvalue weighted by molar-refractivity contribution is -0.122. The van der Waals surface area contributed by atoms with E-state index in [1.54, 1.807) is 33.5 Å². The van der Waals surface area contributed by atoms with E-state index < -0.39 is 5.92 Å². The molecule has 120 valence electrons. The van der Waals surface area contributed by atoms with E-state index in [4.69, 9.17) is 18.9 Å². The number of ether oxygens (including phenoxy) is 4.